The van der Waals surface area contributed by atoms with Crippen LogP contribution in [0.15, 0.2) is 34.2 Å². The standard InChI is InChI=1S/C22H37N3O3S.HI/c1-4-17-28-22(14-7-6-8-15-22)18-25-21(23-5-2)24-16-13-19-9-11-20(12-10-19)29(3,26)27;/h9-12H,4-8,13-18H2,1-3H3,(H2,23,24,25);1H. The van der Waals surface area contributed by atoms with E-state index in [2.05, 4.69) is 24.5 Å². The van der Waals surface area contributed by atoms with Crippen molar-refractivity contribution in [1.29, 1.82) is 0 Å². The van der Waals surface area contributed by atoms with Crippen molar-refractivity contribution in [3.8, 4) is 0 Å². The lowest BCUT2D eigenvalue weighted by molar-refractivity contribution is -0.0624. The maximum absolute atomic E-state index is 11.6. The molecule has 0 unspecified atom stereocenters. The van der Waals surface area contributed by atoms with Gasteiger partial charge in [0.25, 0.3) is 0 Å². The van der Waals surface area contributed by atoms with E-state index in [1.165, 1.54) is 25.5 Å². The smallest absolute Gasteiger partial charge is 0.191 e. The number of nitrogens with zero attached hydrogens (tertiary/aromatic N) is 1. The van der Waals surface area contributed by atoms with Crippen molar-refractivity contribution >= 4 is 39.8 Å². The first kappa shape index (κ1) is 27.2. The number of sulfone groups is 1. The third-order valence-corrected chi connectivity index (χ3v) is 6.43. The topological polar surface area (TPSA) is 79.8 Å². The Hall–Kier alpha value is -0.870. The molecule has 172 valence electrons. The van der Waals surface area contributed by atoms with E-state index in [0.717, 1.165) is 56.9 Å². The average molecular weight is 552 g/mol. The molecule has 2 rings (SSSR count). The molecule has 1 aliphatic carbocycles. The molecule has 0 aromatic heterocycles. The number of hydrogen-bond acceptors (Lipinski definition) is 4. The van der Waals surface area contributed by atoms with Gasteiger partial charge in [-0.15, -0.1) is 24.0 Å². The quantitative estimate of drug-likeness (QED) is 0.262. The Morgan fingerprint density at radius 1 is 1.10 bits per heavy atom. The highest BCUT2D eigenvalue weighted by molar-refractivity contribution is 14.0. The van der Waals surface area contributed by atoms with Gasteiger partial charge in [0.1, 0.15) is 0 Å². The van der Waals surface area contributed by atoms with Crippen LogP contribution in [0.25, 0.3) is 0 Å². The summed E-state index contributed by atoms with van der Waals surface area (Å²) >= 11 is 0. The van der Waals surface area contributed by atoms with Crippen LogP contribution in [0, 0.1) is 0 Å². The van der Waals surface area contributed by atoms with Gasteiger partial charge in [-0.3, -0.25) is 4.99 Å². The fourth-order valence-electron chi connectivity index (χ4n) is 3.66. The molecule has 0 spiro atoms. The molecule has 30 heavy (non-hydrogen) atoms. The predicted octanol–water partition coefficient (Wildman–Crippen LogP) is 3.94. The van der Waals surface area contributed by atoms with Gasteiger partial charge < -0.3 is 15.4 Å². The molecule has 0 atom stereocenters. The van der Waals surface area contributed by atoms with Crippen LogP contribution in [-0.4, -0.2) is 52.5 Å². The second-order valence-electron chi connectivity index (χ2n) is 7.88. The molecular weight excluding hydrogens is 513 g/mol. The molecule has 1 aliphatic rings. The Morgan fingerprint density at radius 2 is 1.77 bits per heavy atom. The minimum atomic E-state index is -3.15. The van der Waals surface area contributed by atoms with Gasteiger partial charge in [-0.2, -0.15) is 0 Å². The lowest BCUT2D eigenvalue weighted by Crippen LogP contribution is -2.43. The highest BCUT2D eigenvalue weighted by Gasteiger charge is 2.32. The van der Waals surface area contributed by atoms with Gasteiger partial charge in [-0.25, -0.2) is 8.42 Å². The van der Waals surface area contributed by atoms with Crippen molar-refractivity contribution in [1.82, 2.24) is 10.6 Å². The second-order valence-corrected chi connectivity index (χ2v) is 9.90. The summed E-state index contributed by atoms with van der Waals surface area (Å²) in [5.74, 6) is 0.810. The van der Waals surface area contributed by atoms with Crippen molar-refractivity contribution in [2.45, 2.75) is 69.3 Å². The molecule has 6 nitrogen and oxygen atoms in total. The lowest BCUT2D eigenvalue weighted by Gasteiger charge is -2.36. The molecule has 0 aliphatic heterocycles. The molecule has 0 radical (unpaired) electrons. The summed E-state index contributed by atoms with van der Waals surface area (Å²) in [6.45, 7) is 7.22. The second kappa shape index (κ2) is 13.5. The van der Waals surface area contributed by atoms with Crippen LogP contribution in [0.3, 0.4) is 0 Å². The van der Waals surface area contributed by atoms with Crippen LogP contribution >= 0.6 is 24.0 Å². The number of nitrogens with one attached hydrogen (secondary N) is 2. The summed E-state index contributed by atoms with van der Waals surface area (Å²) < 4.78 is 29.4. The largest absolute Gasteiger partial charge is 0.373 e. The van der Waals surface area contributed by atoms with Crippen molar-refractivity contribution in [2.24, 2.45) is 4.99 Å². The number of benzene rings is 1. The normalized spacial score (nSPS) is 16.6. The molecule has 0 heterocycles. The third-order valence-electron chi connectivity index (χ3n) is 5.30. The molecule has 1 aromatic carbocycles. The Morgan fingerprint density at radius 3 is 2.33 bits per heavy atom. The summed E-state index contributed by atoms with van der Waals surface area (Å²) in [7, 11) is -3.15. The third kappa shape index (κ3) is 9.09. The van der Waals surface area contributed by atoms with Gasteiger partial charge in [0.2, 0.25) is 0 Å². The van der Waals surface area contributed by atoms with Crippen molar-refractivity contribution in [3.05, 3.63) is 29.8 Å². The minimum Gasteiger partial charge on any atom is -0.373 e. The van der Waals surface area contributed by atoms with Crippen molar-refractivity contribution in [3.63, 3.8) is 0 Å². The van der Waals surface area contributed by atoms with E-state index in [1.807, 2.05) is 12.1 Å². The highest BCUT2D eigenvalue weighted by Crippen LogP contribution is 2.32. The zero-order valence-corrected chi connectivity index (χ0v) is 21.7. The van der Waals surface area contributed by atoms with E-state index in [4.69, 9.17) is 9.73 Å². The molecular formula is C22H38IN3O3S. The first-order valence-corrected chi connectivity index (χ1v) is 12.7. The molecule has 8 heteroatoms. The van der Waals surface area contributed by atoms with E-state index in [9.17, 15) is 8.42 Å². The van der Waals surface area contributed by atoms with Gasteiger partial charge in [-0.05, 0) is 50.3 Å². The van der Waals surface area contributed by atoms with Crippen LogP contribution in [-0.2, 0) is 21.0 Å². The highest BCUT2D eigenvalue weighted by atomic mass is 127. The van der Waals surface area contributed by atoms with Crippen molar-refractivity contribution in [2.75, 3.05) is 32.5 Å². The molecule has 0 bridgehead atoms. The van der Waals surface area contributed by atoms with Gasteiger partial charge in [0.15, 0.2) is 15.8 Å². The van der Waals surface area contributed by atoms with E-state index in [1.54, 1.807) is 12.1 Å². The number of aliphatic imine (C=N–C) groups is 1. The Balaban J connectivity index is 0.00000450. The maximum Gasteiger partial charge on any atom is 0.191 e. The van der Waals surface area contributed by atoms with Gasteiger partial charge in [-0.1, -0.05) is 38.3 Å². The summed E-state index contributed by atoms with van der Waals surface area (Å²) in [5.41, 5.74) is 0.980. The predicted molar refractivity (Wildman–Crippen MR) is 135 cm³/mol. The van der Waals surface area contributed by atoms with Gasteiger partial charge in [0.05, 0.1) is 17.0 Å². The van der Waals surface area contributed by atoms with Crippen LogP contribution < -0.4 is 10.6 Å². The first-order chi connectivity index (χ1) is 13.9. The molecule has 1 saturated carbocycles. The Labute approximate surface area is 199 Å². The SMILES string of the molecule is CCCOC1(CN=C(NCC)NCCc2ccc(S(C)(=O)=O)cc2)CCCCC1.I. The summed E-state index contributed by atoms with van der Waals surface area (Å²) in [5, 5.41) is 6.71. The molecule has 0 amide bonds. The van der Waals surface area contributed by atoms with Crippen molar-refractivity contribution < 1.29 is 13.2 Å². The Bertz CT molecular complexity index is 745. The maximum atomic E-state index is 11.6. The number of guanidine groups is 1. The zero-order chi connectivity index (χ0) is 21.2. The summed E-state index contributed by atoms with van der Waals surface area (Å²) in [4.78, 5) is 5.19. The van der Waals surface area contributed by atoms with E-state index in [-0.39, 0.29) is 29.6 Å². The summed E-state index contributed by atoms with van der Waals surface area (Å²) in [6, 6.07) is 7.08. The number of halogens is 1. The van der Waals surface area contributed by atoms with Crippen LogP contribution in [0.2, 0.25) is 0 Å². The number of ether oxygens (including phenoxy) is 1. The average Bonchev–Trinajstić information content (AvgIpc) is 2.71. The summed E-state index contributed by atoms with van der Waals surface area (Å²) in [6.07, 6.45) is 8.95. The van der Waals surface area contributed by atoms with Gasteiger partial charge in [0, 0.05) is 26.0 Å². The Kier molecular flexibility index (Phi) is 12.2. The van der Waals surface area contributed by atoms with Crippen LogP contribution in [0.1, 0.15) is 57.9 Å². The van der Waals surface area contributed by atoms with Crippen LogP contribution in [0.5, 0.6) is 0 Å². The lowest BCUT2D eigenvalue weighted by atomic mass is 9.84. The molecule has 2 N–H and O–H groups in total. The van der Waals surface area contributed by atoms with E-state index < -0.39 is 9.84 Å². The van der Waals surface area contributed by atoms with E-state index in [0.29, 0.717) is 11.4 Å². The molecule has 0 saturated heterocycles. The van der Waals surface area contributed by atoms with Crippen LogP contribution in [0.4, 0.5) is 0 Å². The fraction of sp³-hybridized carbons (Fsp3) is 0.682. The number of hydrogen-bond donors (Lipinski definition) is 2. The first-order valence-electron chi connectivity index (χ1n) is 10.8. The fourth-order valence-corrected chi connectivity index (χ4v) is 4.29. The molecule has 1 aromatic rings. The van der Waals surface area contributed by atoms with Gasteiger partial charge >= 0.3 is 0 Å². The monoisotopic (exact) mass is 551 g/mol. The minimum absolute atomic E-state index is 0. The molecule has 1 fully saturated rings. The van der Waals surface area contributed by atoms with E-state index >= 15 is 0 Å². The zero-order valence-electron chi connectivity index (χ0n) is 18.6. The number of rotatable bonds is 10.